The van der Waals surface area contributed by atoms with Crippen molar-refractivity contribution >= 4 is 21.4 Å². The van der Waals surface area contributed by atoms with E-state index in [0.29, 0.717) is 24.5 Å². The molecule has 0 aromatic carbocycles. The van der Waals surface area contributed by atoms with Gasteiger partial charge < -0.3 is 5.73 Å². The van der Waals surface area contributed by atoms with Crippen molar-refractivity contribution in [1.82, 2.24) is 4.31 Å². The fourth-order valence-electron chi connectivity index (χ4n) is 2.03. The minimum absolute atomic E-state index is 0.403. The first-order valence-corrected chi connectivity index (χ1v) is 8.24. The van der Waals surface area contributed by atoms with Crippen molar-refractivity contribution in [1.29, 1.82) is 0 Å². The summed E-state index contributed by atoms with van der Waals surface area (Å²) in [6, 6.07) is 1.70. The maximum absolute atomic E-state index is 12.4. The summed E-state index contributed by atoms with van der Waals surface area (Å²) in [5.41, 5.74) is 5.51. The highest BCUT2D eigenvalue weighted by Crippen LogP contribution is 2.24. The maximum Gasteiger partial charge on any atom is 0.243 e. The van der Waals surface area contributed by atoms with Crippen LogP contribution in [0.4, 0.5) is 0 Å². The highest BCUT2D eigenvalue weighted by Gasteiger charge is 2.25. The van der Waals surface area contributed by atoms with E-state index in [2.05, 4.69) is 0 Å². The van der Waals surface area contributed by atoms with Crippen LogP contribution in [0.3, 0.4) is 0 Å². The Hall–Kier alpha value is -0.430. The van der Waals surface area contributed by atoms with Crippen LogP contribution >= 0.6 is 11.3 Å². The number of sulfonamides is 1. The molecular formula is C11H18N2O2S2. The van der Waals surface area contributed by atoms with E-state index in [4.69, 9.17) is 5.73 Å². The van der Waals surface area contributed by atoms with Crippen LogP contribution in [0, 0.1) is 0 Å². The average molecular weight is 274 g/mol. The van der Waals surface area contributed by atoms with E-state index in [0.717, 1.165) is 30.6 Å². The first-order chi connectivity index (χ1) is 8.14. The fraction of sp³-hybridized carbons (Fsp3) is 0.636. The summed E-state index contributed by atoms with van der Waals surface area (Å²) in [6.07, 6.45) is 4.19. The largest absolute Gasteiger partial charge is 0.326 e. The number of nitrogens with zero attached hydrogens (tertiary/aromatic N) is 1. The lowest BCUT2D eigenvalue weighted by Gasteiger charge is -2.18. The van der Waals surface area contributed by atoms with Gasteiger partial charge in [0.25, 0.3) is 0 Å². The quantitative estimate of drug-likeness (QED) is 0.913. The van der Waals surface area contributed by atoms with Crippen LogP contribution in [-0.4, -0.2) is 25.8 Å². The van der Waals surface area contributed by atoms with Crippen molar-refractivity contribution in [3.05, 3.63) is 16.3 Å². The van der Waals surface area contributed by atoms with Crippen molar-refractivity contribution in [2.45, 2.75) is 37.1 Å². The highest BCUT2D eigenvalue weighted by molar-refractivity contribution is 7.89. The molecule has 0 spiro atoms. The predicted octanol–water partition coefficient (Wildman–Crippen LogP) is 1.77. The molecule has 4 nitrogen and oxygen atoms in total. The van der Waals surface area contributed by atoms with E-state index in [1.165, 1.54) is 11.3 Å². The summed E-state index contributed by atoms with van der Waals surface area (Å²) in [4.78, 5) is 1.32. The van der Waals surface area contributed by atoms with Gasteiger partial charge in [0.15, 0.2) is 0 Å². The first-order valence-electron chi connectivity index (χ1n) is 5.92. The van der Waals surface area contributed by atoms with Crippen molar-refractivity contribution in [3.8, 4) is 0 Å². The zero-order chi connectivity index (χ0) is 12.3. The third-order valence-electron chi connectivity index (χ3n) is 3.03. The molecule has 0 aliphatic carbocycles. The molecule has 0 saturated carbocycles. The van der Waals surface area contributed by atoms with Gasteiger partial charge >= 0.3 is 0 Å². The molecule has 96 valence electrons. The standard InChI is InChI=1S/C11H18N2O2S2/c12-8-10-7-11(9-16-10)17(14,15)13-5-3-1-2-4-6-13/h7,9H,1-6,8,12H2. The SMILES string of the molecule is NCc1cc(S(=O)(=O)N2CCCCCC2)cs1. The van der Waals surface area contributed by atoms with Gasteiger partial charge in [-0.1, -0.05) is 12.8 Å². The minimum atomic E-state index is -3.29. The van der Waals surface area contributed by atoms with E-state index in [1.807, 2.05) is 0 Å². The molecule has 1 aromatic rings. The van der Waals surface area contributed by atoms with E-state index in [1.54, 1.807) is 15.8 Å². The normalized spacial score (nSPS) is 19.1. The molecule has 6 heteroatoms. The van der Waals surface area contributed by atoms with E-state index < -0.39 is 10.0 Å². The summed E-state index contributed by atoms with van der Waals surface area (Å²) in [7, 11) is -3.29. The zero-order valence-corrected chi connectivity index (χ0v) is 11.4. The van der Waals surface area contributed by atoms with Crippen molar-refractivity contribution in [2.24, 2.45) is 5.73 Å². The Morgan fingerprint density at radius 1 is 1.24 bits per heavy atom. The molecule has 1 saturated heterocycles. The summed E-state index contributed by atoms with van der Waals surface area (Å²) in [5.74, 6) is 0. The molecule has 0 unspecified atom stereocenters. The number of rotatable bonds is 3. The Kier molecular flexibility index (Phi) is 4.19. The summed E-state index contributed by atoms with van der Waals surface area (Å²) >= 11 is 1.41. The van der Waals surface area contributed by atoms with Crippen LogP contribution in [0.2, 0.25) is 0 Å². The lowest BCUT2D eigenvalue weighted by molar-refractivity contribution is 0.424. The Bertz CT molecular complexity index is 460. The van der Waals surface area contributed by atoms with Crippen LogP contribution in [0.15, 0.2) is 16.3 Å². The molecule has 0 amide bonds. The molecule has 1 fully saturated rings. The van der Waals surface area contributed by atoms with Gasteiger partial charge in [-0.05, 0) is 18.9 Å². The minimum Gasteiger partial charge on any atom is -0.326 e. The Labute approximate surface area is 106 Å². The van der Waals surface area contributed by atoms with Crippen molar-refractivity contribution in [3.63, 3.8) is 0 Å². The van der Waals surface area contributed by atoms with Crippen LogP contribution in [-0.2, 0) is 16.6 Å². The second-order valence-corrected chi connectivity index (χ2v) is 7.20. The molecule has 0 bridgehead atoms. The van der Waals surface area contributed by atoms with Crippen molar-refractivity contribution in [2.75, 3.05) is 13.1 Å². The van der Waals surface area contributed by atoms with Gasteiger partial charge in [0.05, 0.1) is 4.90 Å². The third-order valence-corrected chi connectivity index (χ3v) is 6.02. The van der Waals surface area contributed by atoms with Gasteiger partial charge in [0.2, 0.25) is 10.0 Å². The van der Waals surface area contributed by atoms with Gasteiger partial charge in [0.1, 0.15) is 0 Å². The lowest BCUT2D eigenvalue weighted by atomic mass is 10.2. The number of hydrogen-bond acceptors (Lipinski definition) is 4. The van der Waals surface area contributed by atoms with Gasteiger partial charge in [-0.15, -0.1) is 11.3 Å². The molecule has 0 atom stereocenters. The van der Waals surface area contributed by atoms with Crippen LogP contribution < -0.4 is 5.73 Å². The van der Waals surface area contributed by atoms with E-state index in [-0.39, 0.29) is 0 Å². The molecule has 17 heavy (non-hydrogen) atoms. The maximum atomic E-state index is 12.4. The van der Waals surface area contributed by atoms with E-state index in [9.17, 15) is 8.42 Å². The van der Waals surface area contributed by atoms with Crippen LogP contribution in [0.1, 0.15) is 30.6 Å². The molecule has 2 heterocycles. The summed E-state index contributed by atoms with van der Waals surface area (Å²) < 4.78 is 26.3. The zero-order valence-electron chi connectivity index (χ0n) is 9.76. The predicted molar refractivity (Wildman–Crippen MR) is 69.4 cm³/mol. The smallest absolute Gasteiger partial charge is 0.243 e. The van der Waals surface area contributed by atoms with Gasteiger partial charge in [-0.25, -0.2) is 8.42 Å². The molecule has 1 aromatic heterocycles. The van der Waals surface area contributed by atoms with Crippen LogP contribution in [0.25, 0.3) is 0 Å². The van der Waals surface area contributed by atoms with E-state index >= 15 is 0 Å². The van der Waals surface area contributed by atoms with Crippen LogP contribution in [0.5, 0.6) is 0 Å². The number of thiophene rings is 1. The lowest BCUT2D eigenvalue weighted by Crippen LogP contribution is -2.31. The average Bonchev–Trinajstić information content (AvgIpc) is 2.64. The van der Waals surface area contributed by atoms with Gasteiger partial charge in [-0.2, -0.15) is 4.31 Å². The molecule has 2 rings (SSSR count). The van der Waals surface area contributed by atoms with Gasteiger partial charge in [-0.3, -0.25) is 0 Å². The molecule has 0 radical (unpaired) electrons. The second-order valence-electron chi connectivity index (χ2n) is 4.27. The molecule has 1 aliphatic rings. The topological polar surface area (TPSA) is 63.4 Å². The highest BCUT2D eigenvalue weighted by atomic mass is 32.2. The molecule has 1 aliphatic heterocycles. The van der Waals surface area contributed by atoms with Crippen molar-refractivity contribution < 1.29 is 8.42 Å². The summed E-state index contributed by atoms with van der Waals surface area (Å²) in [6.45, 7) is 1.70. The second kappa shape index (κ2) is 5.48. The third kappa shape index (κ3) is 2.88. The summed E-state index contributed by atoms with van der Waals surface area (Å²) in [5, 5.41) is 1.70. The van der Waals surface area contributed by atoms with Gasteiger partial charge in [0, 0.05) is 29.9 Å². The molecular weight excluding hydrogens is 256 g/mol. The number of nitrogens with two attached hydrogens (primary N) is 1. The molecule has 2 N–H and O–H groups in total. The monoisotopic (exact) mass is 274 g/mol. The fourth-order valence-corrected chi connectivity index (χ4v) is 4.69. The first kappa shape index (κ1) is 13.0. The Balaban J connectivity index is 2.22. The number of hydrogen-bond donors (Lipinski definition) is 1. The Morgan fingerprint density at radius 3 is 2.41 bits per heavy atom. The Morgan fingerprint density at radius 2 is 1.88 bits per heavy atom.